The van der Waals surface area contributed by atoms with E-state index in [1.165, 1.54) is 0 Å². The number of guanidine groups is 1. The van der Waals surface area contributed by atoms with E-state index in [4.69, 9.17) is 0 Å². The van der Waals surface area contributed by atoms with Gasteiger partial charge in [0, 0.05) is 37.6 Å². The molecule has 1 aromatic heterocycles. The van der Waals surface area contributed by atoms with Crippen LogP contribution in [0.25, 0.3) is 0 Å². The largest absolute Gasteiger partial charge is 0.434 e. The summed E-state index contributed by atoms with van der Waals surface area (Å²) in [5, 5.41) is 10.7. The molecule has 0 amide bonds. The Morgan fingerprint density at radius 2 is 2.15 bits per heavy atom. The molecule has 0 fully saturated rings. The molecule has 0 saturated heterocycles. The second-order valence-electron chi connectivity index (χ2n) is 6.40. The van der Waals surface area contributed by atoms with Crippen LogP contribution in [-0.2, 0) is 13.1 Å². The van der Waals surface area contributed by atoms with Crippen molar-refractivity contribution in [3.8, 4) is 5.75 Å². The summed E-state index contributed by atoms with van der Waals surface area (Å²) in [4.78, 5) is 4.51. The van der Waals surface area contributed by atoms with Crippen molar-refractivity contribution in [2.45, 2.75) is 40.5 Å². The highest BCUT2D eigenvalue weighted by atomic mass is 19.3. The fraction of sp³-hybridized carbons (Fsp3) is 0.474. The number of hydrogen-bond donors (Lipinski definition) is 2. The van der Waals surface area contributed by atoms with Crippen LogP contribution in [0.5, 0.6) is 5.75 Å². The van der Waals surface area contributed by atoms with Crippen LogP contribution in [-0.4, -0.2) is 35.4 Å². The molecule has 27 heavy (non-hydrogen) atoms. The van der Waals surface area contributed by atoms with E-state index in [0.29, 0.717) is 30.5 Å². The molecule has 0 aliphatic heterocycles. The second kappa shape index (κ2) is 10.5. The summed E-state index contributed by atoms with van der Waals surface area (Å²) >= 11 is 0. The van der Waals surface area contributed by atoms with Crippen molar-refractivity contribution >= 4 is 5.96 Å². The van der Waals surface area contributed by atoms with Crippen molar-refractivity contribution in [3.05, 3.63) is 47.8 Å². The van der Waals surface area contributed by atoms with Gasteiger partial charge < -0.3 is 15.4 Å². The molecule has 1 heterocycles. The van der Waals surface area contributed by atoms with Gasteiger partial charge in [0.25, 0.3) is 0 Å². The van der Waals surface area contributed by atoms with Crippen LogP contribution in [0.1, 0.15) is 25.0 Å². The van der Waals surface area contributed by atoms with Gasteiger partial charge in [0.05, 0.1) is 6.54 Å². The molecule has 1 atom stereocenters. The van der Waals surface area contributed by atoms with E-state index in [1.54, 1.807) is 18.3 Å². The summed E-state index contributed by atoms with van der Waals surface area (Å²) < 4.78 is 31.7. The Balaban J connectivity index is 1.99. The molecule has 2 N–H and O–H groups in total. The molecule has 0 bridgehead atoms. The molecule has 2 rings (SSSR count). The highest BCUT2D eigenvalue weighted by Gasteiger charge is 2.10. The SMILES string of the molecule is CCNC(=NCc1cc(C)ccc1OC(F)F)NCC(C)Cn1cccn1. The van der Waals surface area contributed by atoms with Crippen LogP contribution in [0.2, 0.25) is 0 Å². The van der Waals surface area contributed by atoms with Gasteiger partial charge in [-0.3, -0.25) is 4.68 Å². The minimum Gasteiger partial charge on any atom is -0.434 e. The number of rotatable bonds is 9. The maximum Gasteiger partial charge on any atom is 0.387 e. The highest BCUT2D eigenvalue weighted by Crippen LogP contribution is 2.22. The summed E-state index contributed by atoms with van der Waals surface area (Å²) in [7, 11) is 0. The lowest BCUT2D eigenvalue weighted by Gasteiger charge is -2.16. The van der Waals surface area contributed by atoms with Gasteiger partial charge in [-0.2, -0.15) is 13.9 Å². The third kappa shape index (κ3) is 7.24. The van der Waals surface area contributed by atoms with Gasteiger partial charge in [-0.25, -0.2) is 4.99 Å². The molecule has 0 saturated carbocycles. The van der Waals surface area contributed by atoms with Crippen molar-refractivity contribution in [1.82, 2.24) is 20.4 Å². The van der Waals surface area contributed by atoms with Crippen LogP contribution in [0.3, 0.4) is 0 Å². The van der Waals surface area contributed by atoms with Crippen LogP contribution in [0, 0.1) is 12.8 Å². The summed E-state index contributed by atoms with van der Waals surface area (Å²) in [6.45, 7) is 5.59. The average molecular weight is 379 g/mol. The molecule has 8 heteroatoms. The lowest BCUT2D eigenvalue weighted by molar-refractivity contribution is -0.0504. The molecule has 2 aromatic rings. The third-order valence-electron chi connectivity index (χ3n) is 3.86. The van der Waals surface area contributed by atoms with E-state index < -0.39 is 6.61 Å². The topological polar surface area (TPSA) is 63.5 Å². The summed E-state index contributed by atoms with van der Waals surface area (Å²) in [6.07, 6.45) is 3.69. The average Bonchev–Trinajstić information content (AvgIpc) is 3.12. The third-order valence-corrected chi connectivity index (χ3v) is 3.86. The summed E-state index contributed by atoms with van der Waals surface area (Å²) in [5.41, 5.74) is 1.59. The fourth-order valence-corrected chi connectivity index (χ4v) is 2.61. The van der Waals surface area contributed by atoms with Crippen molar-refractivity contribution in [2.24, 2.45) is 10.9 Å². The molecule has 1 aromatic carbocycles. The van der Waals surface area contributed by atoms with E-state index in [-0.39, 0.29) is 12.3 Å². The monoisotopic (exact) mass is 379 g/mol. The number of aryl methyl sites for hydroxylation is 1. The van der Waals surface area contributed by atoms with Gasteiger partial charge in [0.2, 0.25) is 0 Å². The Bertz CT molecular complexity index is 719. The first-order valence-corrected chi connectivity index (χ1v) is 9.02. The van der Waals surface area contributed by atoms with Crippen molar-refractivity contribution in [3.63, 3.8) is 0 Å². The van der Waals surface area contributed by atoms with Crippen molar-refractivity contribution in [2.75, 3.05) is 13.1 Å². The minimum absolute atomic E-state index is 0.155. The molecule has 1 unspecified atom stereocenters. The number of ether oxygens (including phenoxy) is 1. The predicted molar refractivity (Wildman–Crippen MR) is 102 cm³/mol. The van der Waals surface area contributed by atoms with Crippen LogP contribution >= 0.6 is 0 Å². The quantitative estimate of drug-likeness (QED) is 0.519. The molecular weight excluding hydrogens is 352 g/mol. The predicted octanol–water partition coefficient (Wildman–Crippen LogP) is 3.18. The standard InChI is InChI=1S/C19H27F2N5O/c1-4-22-19(23-11-15(3)13-26-9-5-8-25-26)24-12-16-10-14(2)6-7-17(16)27-18(20)21/h5-10,15,18H,4,11-13H2,1-3H3,(H2,22,23,24). The minimum atomic E-state index is -2.86. The molecule has 0 aliphatic rings. The molecule has 0 spiro atoms. The second-order valence-corrected chi connectivity index (χ2v) is 6.40. The smallest absolute Gasteiger partial charge is 0.387 e. The number of alkyl halides is 2. The van der Waals surface area contributed by atoms with Gasteiger partial charge in [-0.15, -0.1) is 0 Å². The molecule has 0 radical (unpaired) electrons. The normalized spacial score (nSPS) is 12.9. The first-order chi connectivity index (χ1) is 13.0. The number of halogens is 2. The van der Waals surface area contributed by atoms with Gasteiger partial charge in [0.1, 0.15) is 5.75 Å². The Hall–Kier alpha value is -2.64. The van der Waals surface area contributed by atoms with Crippen LogP contribution in [0.4, 0.5) is 8.78 Å². The summed E-state index contributed by atoms with van der Waals surface area (Å²) in [5.74, 6) is 1.13. The molecule has 0 aliphatic carbocycles. The molecular formula is C19H27F2N5O. The van der Waals surface area contributed by atoms with E-state index in [9.17, 15) is 8.78 Å². The zero-order valence-corrected chi connectivity index (χ0v) is 16.0. The maximum atomic E-state index is 12.6. The number of nitrogens with zero attached hydrogens (tertiary/aromatic N) is 3. The Labute approximate surface area is 158 Å². The zero-order valence-electron chi connectivity index (χ0n) is 16.0. The van der Waals surface area contributed by atoms with E-state index >= 15 is 0 Å². The zero-order chi connectivity index (χ0) is 19.6. The van der Waals surface area contributed by atoms with E-state index in [0.717, 1.165) is 12.1 Å². The van der Waals surface area contributed by atoms with Crippen LogP contribution < -0.4 is 15.4 Å². The number of nitrogens with one attached hydrogen (secondary N) is 2. The fourth-order valence-electron chi connectivity index (χ4n) is 2.61. The van der Waals surface area contributed by atoms with E-state index in [1.807, 2.05) is 36.9 Å². The van der Waals surface area contributed by atoms with Gasteiger partial charge in [0.15, 0.2) is 5.96 Å². The highest BCUT2D eigenvalue weighted by molar-refractivity contribution is 5.79. The first-order valence-electron chi connectivity index (χ1n) is 9.02. The number of hydrogen-bond acceptors (Lipinski definition) is 3. The van der Waals surface area contributed by atoms with Gasteiger partial charge >= 0.3 is 6.61 Å². The lowest BCUT2D eigenvalue weighted by Crippen LogP contribution is -2.40. The summed E-state index contributed by atoms with van der Waals surface area (Å²) in [6, 6.07) is 7.00. The number of aliphatic imine (C=N–C) groups is 1. The van der Waals surface area contributed by atoms with Gasteiger partial charge in [-0.1, -0.05) is 24.6 Å². The van der Waals surface area contributed by atoms with Crippen molar-refractivity contribution in [1.29, 1.82) is 0 Å². The number of benzene rings is 1. The Kier molecular flexibility index (Phi) is 8.03. The first kappa shape index (κ1) is 20.7. The number of aromatic nitrogens is 2. The lowest BCUT2D eigenvalue weighted by atomic mass is 10.1. The van der Waals surface area contributed by atoms with E-state index in [2.05, 4.69) is 32.4 Å². The van der Waals surface area contributed by atoms with Gasteiger partial charge in [-0.05, 0) is 31.9 Å². The van der Waals surface area contributed by atoms with Crippen LogP contribution in [0.15, 0.2) is 41.7 Å². The Morgan fingerprint density at radius 3 is 2.81 bits per heavy atom. The Morgan fingerprint density at radius 1 is 1.33 bits per heavy atom. The van der Waals surface area contributed by atoms with Crippen molar-refractivity contribution < 1.29 is 13.5 Å². The molecule has 148 valence electrons. The molecule has 6 nitrogen and oxygen atoms in total. The maximum absolute atomic E-state index is 12.6.